The molecule has 1 rings (SSSR count). The molecule has 1 aliphatic rings. The first-order valence-corrected chi connectivity index (χ1v) is 7.06. The van der Waals surface area contributed by atoms with Crippen LogP contribution in [0.3, 0.4) is 0 Å². The number of esters is 1. The first-order chi connectivity index (χ1) is 9.89. The summed E-state index contributed by atoms with van der Waals surface area (Å²) >= 11 is 0. The molecule has 0 aromatic carbocycles. The maximum atomic E-state index is 12.7. The molecule has 1 aliphatic carbocycles. The number of alkyl carbamates (subject to hydrolysis) is 1. The lowest BCUT2D eigenvalue weighted by Gasteiger charge is -2.38. The van der Waals surface area contributed by atoms with Crippen LogP contribution in [0.4, 0.5) is 18.0 Å². The third-order valence-electron chi connectivity index (χ3n) is 3.62. The van der Waals surface area contributed by atoms with Crippen molar-refractivity contribution in [3.8, 4) is 0 Å². The summed E-state index contributed by atoms with van der Waals surface area (Å²) < 4.78 is 47.9. The monoisotopic (exact) mass is 325 g/mol. The van der Waals surface area contributed by atoms with Gasteiger partial charge in [0, 0.05) is 0 Å². The van der Waals surface area contributed by atoms with Crippen LogP contribution in [0, 0.1) is 5.92 Å². The van der Waals surface area contributed by atoms with E-state index in [1.54, 1.807) is 20.8 Å². The fraction of sp³-hybridized carbons (Fsp3) is 0.857. The lowest BCUT2D eigenvalue weighted by molar-refractivity contribution is -0.188. The van der Waals surface area contributed by atoms with Gasteiger partial charge >= 0.3 is 18.2 Å². The SMILES string of the molecule is COC(=O)C1(NC(=O)OC(C)(C)C)CCC(C(F)(F)F)CC1. The number of carbonyl (C=O) groups is 2. The standard InChI is InChI=1S/C14H22F3NO4/c1-12(2,3)22-11(20)18-13(10(19)21-4)7-5-9(6-8-13)14(15,16)17/h9H,5-8H2,1-4H3,(H,18,20). The van der Waals surface area contributed by atoms with E-state index < -0.39 is 35.3 Å². The van der Waals surface area contributed by atoms with E-state index >= 15 is 0 Å². The molecule has 0 heterocycles. The maximum absolute atomic E-state index is 12.7. The van der Waals surface area contributed by atoms with Crippen molar-refractivity contribution >= 4 is 12.1 Å². The number of alkyl halides is 3. The Balaban J connectivity index is 2.82. The number of ether oxygens (including phenoxy) is 2. The minimum Gasteiger partial charge on any atom is -0.467 e. The zero-order chi connectivity index (χ0) is 17.2. The molecule has 0 aromatic rings. The van der Waals surface area contributed by atoms with Crippen molar-refractivity contribution in [2.75, 3.05) is 7.11 Å². The Morgan fingerprint density at radius 3 is 2.00 bits per heavy atom. The predicted molar refractivity (Wildman–Crippen MR) is 72.1 cm³/mol. The molecule has 5 nitrogen and oxygen atoms in total. The highest BCUT2D eigenvalue weighted by molar-refractivity contribution is 5.86. The van der Waals surface area contributed by atoms with Crippen LogP contribution >= 0.6 is 0 Å². The lowest BCUT2D eigenvalue weighted by atomic mass is 9.76. The largest absolute Gasteiger partial charge is 0.467 e. The minimum atomic E-state index is -4.30. The van der Waals surface area contributed by atoms with Crippen molar-refractivity contribution in [3.05, 3.63) is 0 Å². The molecule has 0 atom stereocenters. The molecular weight excluding hydrogens is 303 g/mol. The van der Waals surface area contributed by atoms with E-state index in [9.17, 15) is 22.8 Å². The molecule has 0 bridgehead atoms. The average molecular weight is 325 g/mol. The van der Waals surface area contributed by atoms with Gasteiger partial charge in [-0.3, -0.25) is 0 Å². The van der Waals surface area contributed by atoms with Gasteiger partial charge in [0.1, 0.15) is 11.1 Å². The Kier molecular flexibility index (Phi) is 5.35. The second-order valence-electron chi connectivity index (χ2n) is 6.52. The van der Waals surface area contributed by atoms with E-state index in [4.69, 9.17) is 4.74 Å². The summed E-state index contributed by atoms with van der Waals surface area (Å²) in [5, 5.41) is 2.41. The summed E-state index contributed by atoms with van der Waals surface area (Å²) in [4.78, 5) is 23.8. The molecule has 22 heavy (non-hydrogen) atoms. The van der Waals surface area contributed by atoms with Crippen molar-refractivity contribution in [3.63, 3.8) is 0 Å². The Labute approximate surface area is 127 Å². The smallest absolute Gasteiger partial charge is 0.408 e. The van der Waals surface area contributed by atoms with E-state index in [-0.39, 0.29) is 25.7 Å². The van der Waals surface area contributed by atoms with Gasteiger partial charge in [-0.05, 0) is 46.5 Å². The first-order valence-electron chi connectivity index (χ1n) is 7.06. The highest BCUT2D eigenvalue weighted by Gasteiger charge is 2.50. The van der Waals surface area contributed by atoms with Crippen molar-refractivity contribution in [1.82, 2.24) is 5.32 Å². The molecule has 0 aliphatic heterocycles. The van der Waals surface area contributed by atoms with E-state index in [1.165, 1.54) is 0 Å². The maximum Gasteiger partial charge on any atom is 0.408 e. The van der Waals surface area contributed by atoms with Crippen LogP contribution in [-0.4, -0.2) is 36.5 Å². The van der Waals surface area contributed by atoms with Crippen molar-refractivity contribution in [2.24, 2.45) is 5.92 Å². The third-order valence-corrected chi connectivity index (χ3v) is 3.62. The molecule has 0 radical (unpaired) electrons. The van der Waals surface area contributed by atoms with E-state index in [0.717, 1.165) is 7.11 Å². The molecule has 1 amide bonds. The van der Waals surface area contributed by atoms with E-state index in [1.807, 2.05) is 0 Å². The second kappa shape index (κ2) is 6.34. The second-order valence-corrected chi connectivity index (χ2v) is 6.52. The molecule has 1 N–H and O–H groups in total. The topological polar surface area (TPSA) is 64.6 Å². The average Bonchev–Trinajstić information content (AvgIpc) is 2.34. The third kappa shape index (κ3) is 4.78. The van der Waals surface area contributed by atoms with Crippen LogP contribution in [0.5, 0.6) is 0 Å². The highest BCUT2D eigenvalue weighted by atomic mass is 19.4. The molecule has 0 spiro atoms. The number of carbonyl (C=O) groups excluding carboxylic acids is 2. The van der Waals surface area contributed by atoms with Crippen LogP contribution < -0.4 is 5.32 Å². The van der Waals surface area contributed by atoms with Crippen LogP contribution in [0.15, 0.2) is 0 Å². The van der Waals surface area contributed by atoms with Crippen LogP contribution in [0.25, 0.3) is 0 Å². The van der Waals surface area contributed by atoms with Crippen molar-refractivity contribution in [2.45, 2.75) is 63.8 Å². The van der Waals surface area contributed by atoms with Crippen LogP contribution in [0.1, 0.15) is 46.5 Å². The number of nitrogens with one attached hydrogen (secondary N) is 1. The van der Waals surface area contributed by atoms with Gasteiger partial charge in [-0.2, -0.15) is 13.2 Å². The highest BCUT2D eigenvalue weighted by Crippen LogP contribution is 2.41. The molecule has 128 valence electrons. The van der Waals surface area contributed by atoms with E-state index in [0.29, 0.717) is 0 Å². The van der Waals surface area contributed by atoms with Crippen LogP contribution in [0.2, 0.25) is 0 Å². The predicted octanol–water partition coefficient (Wildman–Crippen LogP) is 3.18. The first kappa shape index (κ1) is 18.6. The van der Waals surface area contributed by atoms with Gasteiger partial charge < -0.3 is 14.8 Å². The lowest BCUT2D eigenvalue weighted by Crippen LogP contribution is -2.58. The van der Waals surface area contributed by atoms with Crippen molar-refractivity contribution < 1.29 is 32.2 Å². The summed E-state index contributed by atoms with van der Waals surface area (Å²) in [5.41, 5.74) is -2.23. The summed E-state index contributed by atoms with van der Waals surface area (Å²) in [6.45, 7) is 4.95. The van der Waals surface area contributed by atoms with Gasteiger partial charge in [0.2, 0.25) is 0 Å². The van der Waals surface area contributed by atoms with Gasteiger partial charge in [0.15, 0.2) is 0 Å². The number of methoxy groups -OCH3 is 1. The zero-order valence-electron chi connectivity index (χ0n) is 13.2. The molecule has 0 aromatic heterocycles. The summed E-state index contributed by atoms with van der Waals surface area (Å²) in [6, 6.07) is 0. The summed E-state index contributed by atoms with van der Waals surface area (Å²) in [7, 11) is 1.14. The summed E-state index contributed by atoms with van der Waals surface area (Å²) in [5.74, 6) is -2.22. The minimum absolute atomic E-state index is 0.136. The number of hydrogen-bond donors (Lipinski definition) is 1. The number of halogens is 3. The molecule has 1 fully saturated rings. The fourth-order valence-electron chi connectivity index (χ4n) is 2.51. The Hall–Kier alpha value is -1.47. The zero-order valence-corrected chi connectivity index (χ0v) is 13.2. The number of rotatable bonds is 2. The van der Waals surface area contributed by atoms with E-state index in [2.05, 4.69) is 10.1 Å². The van der Waals surface area contributed by atoms with Crippen molar-refractivity contribution in [1.29, 1.82) is 0 Å². The fourth-order valence-corrected chi connectivity index (χ4v) is 2.51. The molecule has 0 unspecified atom stereocenters. The molecular formula is C14H22F3NO4. The van der Waals surface area contributed by atoms with Crippen LogP contribution in [-0.2, 0) is 14.3 Å². The molecule has 0 saturated heterocycles. The quantitative estimate of drug-likeness (QED) is 0.792. The van der Waals surface area contributed by atoms with Gasteiger partial charge in [-0.15, -0.1) is 0 Å². The number of amides is 1. The number of hydrogen-bond acceptors (Lipinski definition) is 4. The Morgan fingerprint density at radius 2 is 1.64 bits per heavy atom. The molecule has 1 saturated carbocycles. The normalized spacial score (nSPS) is 26.2. The van der Waals surface area contributed by atoms with Gasteiger partial charge in [0.25, 0.3) is 0 Å². The Morgan fingerprint density at radius 1 is 1.14 bits per heavy atom. The van der Waals surface area contributed by atoms with Gasteiger partial charge in [0.05, 0.1) is 13.0 Å². The van der Waals surface area contributed by atoms with Gasteiger partial charge in [-0.25, -0.2) is 9.59 Å². The summed E-state index contributed by atoms with van der Waals surface area (Å²) in [6.07, 6.45) is -5.90. The molecule has 8 heteroatoms. The Bertz CT molecular complexity index is 421. The van der Waals surface area contributed by atoms with Gasteiger partial charge in [-0.1, -0.05) is 0 Å².